The first-order chi connectivity index (χ1) is 23.8. The van der Waals surface area contributed by atoms with Gasteiger partial charge in [-0.2, -0.15) is 5.21 Å². The number of benzene rings is 3. The highest BCUT2D eigenvalue weighted by molar-refractivity contribution is 6.33. The van der Waals surface area contributed by atoms with Crippen molar-refractivity contribution in [2.75, 3.05) is 11.9 Å². The zero-order chi connectivity index (χ0) is 35.8. The molecule has 5 rings (SSSR count). The first-order valence-corrected chi connectivity index (χ1v) is 16.8. The van der Waals surface area contributed by atoms with Crippen molar-refractivity contribution in [3.8, 4) is 22.5 Å². The zero-order valence-electron chi connectivity index (χ0n) is 28.0. The molecule has 14 heteroatoms. The minimum absolute atomic E-state index is 0.0204. The van der Waals surface area contributed by atoms with E-state index in [4.69, 9.17) is 16.3 Å². The molecule has 3 amide bonds. The third-order valence-electron chi connectivity index (χ3n) is 8.47. The average molecular weight is 702 g/mol. The van der Waals surface area contributed by atoms with E-state index in [0.717, 1.165) is 35.1 Å². The fourth-order valence-corrected chi connectivity index (χ4v) is 6.08. The Kier molecular flexibility index (Phi) is 11.5. The molecule has 0 radical (unpaired) electrons. The maximum atomic E-state index is 13.7. The monoisotopic (exact) mass is 701 g/mol. The number of anilines is 1. The van der Waals surface area contributed by atoms with E-state index in [1.807, 2.05) is 45.0 Å². The summed E-state index contributed by atoms with van der Waals surface area (Å²) in [7, 11) is 0. The van der Waals surface area contributed by atoms with Gasteiger partial charge in [-0.25, -0.2) is 9.59 Å². The average Bonchev–Trinajstić information content (AvgIpc) is 3.62. The number of carbonyl (C=O) groups excluding carboxylic acids is 3. The summed E-state index contributed by atoms with van der Waals surface area (Å²) in [5.41, 5.74) is 3.08. The number of hydrogen-bond acceptors (Lipinski definition) is 8. The minimum Gasteiger partial charge on any atom is -0.478 e. The van der Waals surface area contributed by atoms with Crippen LogP contribution >= 0.6 is 11.6 Å². The van der Waals surface area contributed by atoms with Crippen molar-refractivity contribution in [2.45, 2.75) is 64.5 Å². The van der Waals surface area contributed by atoms with Crippen LogP contribution in [0.5, 0.6) is 0 Å². The molecule has 4 aromatic rings. The van der Waals surface area contributed by atoms with Crippen molar-refractivity contribution < 1.29 is 29.0 Å². The molecule has 0 unspecified atom stereocenters. The van der Waals surface area contributed by atoms with Gasteiger partial charge in [0.1, 0.15) is 11.6 Å². The molecule has 1 aliphatic rings. The van der Waals surface area contributed by atoms with Gasteiger partial charge in [-0.1, -0.05) is 41.9 Å². The quantitative estimate of drug-likeness (QED) is 0.127. The third-order valence-corrected chi connectivity index (χ3v) is 8.78. The number of rotatable bonds is 11. The Morgan fingerprint density at radius 3 is 2.20 bits per heavy atom. The number of amides is 3. The summed E-state index contributed by atoms with van der Waals surface area (Å²) in [6.07, 6.45) is 2.56. The number of nitrogens with one attached hydrogen (secondary N) is 4. The number of aromatic carboxylic acids is 1. The predicted octanol–water partition coefficient (Wildman–Crippen LogP) is 5.88. The summed E-state index contributed by atoms with van der Waals surface area (Å²) in [6.45, 7) is 5.92. The molecule has 262 valence electrons. The molecule has 0 bridgehead atoms. The van der Waals surface area contributed by atoms with E-state index in [-0.39, 0.29) is 40.7 Å². The van der Waals surface area contributed by atoms with Gasteiger partial charge in [-0.15, -0.1) is 10.2 Å². The van der Waals surface area contributed by atoms with E-state index in [9.17, 15) is 24.3 Å². The van der Waals surface area contributed by atoms with Crippen LogP contribution < -0.4 is 16.0 Å². The van der Waals surface area contributed by atoms with Crippen LogP contribution in [0, 0.1) is 11.8 Å². The number of hydrogen-bond donors (Lipinski definition) is 5. The smallest absolute Gasteiger partial charge is 0.407 e. The number of tetrazole rings is 1. The van der Waals surface area contributed by atoms with E-state index in [2.05, 4.69) is 36.6 Å². The number of aromatic nitrogens is 4. The van der Waals surface area contributed by atoms with Gasteiger partial charge in [0.2, 0.25) is 17.6 Å². The number of halogens is 1. The Labute approximate surface area is 294 Å². The first-order valence-electron chi connectivity index (χ1n) is 16.4. The fourth-order valence-electron chi connectivity index (χ4n) is 5.82. The highest BCUT2D eigenvalue weighted by Gasteiger charge is 2.30. The molecule has 1 aromatic heterocycles. The Morgan fingerprint density at radius 1 is 0.940 bits per heavy atom. The predicted molar refractivity (Wildman–Crippen MR) is 187 cm³/mol. The van der Waals surface area contributed by atoms with Crippen molar-refractivity contribution in [3.05, 3.63) is 82.9 Å². The van der Waals surface area contributed by atoms with Crippen LogP contribution in [0.25, 0.3) is 22.5 Å². The highest BCUT2D eigenvalue weighted by Crippen LogP contribution is 2.30. The molecular formula is C36H40ClN7O6. The Bertz CT molecular complexity index is 1800. The zero-order valence-corrected chi connectivity index (χ0v) is 28.8. The van der Waals surface area contributed by atoms with Crippen molar-refractivity contribution in [1.82, 2.24) is 31.3 Å². The number of carboxylic acids is 1. The van der Waals surface area contributed by atoms with Crippen molar-refractivity contribution >= 4 is 41.2 Å². The van der Waals surface area contributed by atoms with Gasteiger partial charge in [-0.3, -0.25) is 9.59 Å². The van der Waals surface area contributed by atoms with Crippen molar-refractivity contribution in [1.29, 1.82) is 0 Å². The van der Waals surface area contributed by atoms with E-state index < -0.39 is 23.7 Å². The Hall–Kier alpha value is -5.30. The summed E-state index contributed by atoms with van der Waals surface area (Å²) in [6, 6.07) is 18.3. The lowest BCUT2D eigenvalue weighted by atomic mass is 9.81. The second kappa shape index (κ2) is 15.9. The van der Waals surface area contributed by atoms with Crippen LogP contribution in [-0.2, 0) is 20.7 Å². The van der Waals surface area contributed by atoms with E-state index in [0.29, 0.717) is 30.9 Å². The summed E-state index contributed by atoms with van der Waals surface area (Å²) in [5, 5.41) is 32.1. The molecule has 0 spiro atoms. The van der Waals surface area contributed by atoms with Gasteiger partial charge in [-0.05, 0) is 111 Å². The third kappa shape index (κ3) is 9.88. The minimum atomic E-state index is -1.10. The number of H-pyrrole nitrogens is 1. The van der Waals surface area contributed by atoms with E-state index in [1.165, 1.54) is 6.07 Å². The lowest BCUT2D eigenvalue weighted by molar-refractivity contribution is -0.130. The van der Waals surface area contributed by atoms with Crippen molar-refractivity contribution in [3.63, 3.8) is 0 Å². The number of carboxylic acid groups (broad SMARTS) is 1. The fraction of sp³-hybridized carbons (Fsp3) is 0.361. The largest absolute Gasteiger partial charge is 0.478 e. The second-order valence-corrected chi connectivity index (χ2v) is 13.8. The number of ether oxygens (including phenoxy) is 1. The molecule has 3 aromatic carbocycles. The molecule has 1 heterocycles. The van der Waals surface area contributed by atoms with Crippen LogP contribution in [0.1, 0.15) is 62.4 Å². The van der Waals surface area contributed by atoms with Crippen LogP contribution in [0.3, 0.4) is 0 Å². The molecule has 5 N–H and O–H groups in total. The number of alkyl carbamates (subject to hydrolysis) is 1. The lowest BCUT2D eigenvalue weighted by Crippen LogP contribution is -2.48. The Morgan fingerprint density at radius 2 is 1.60 bits per heavy atom. The molecule has 1 aliphatic carbocycles. The van der Waals surface area contributed by atoms with Gasteiger partial charge < -0.3 is 25.8 Å². The van der Waals surface area contributed by atoms with Gasteiger partial charge in [0.15, 0.2) is 0 Å². The number of aromatic amines is 1. The molecule has 1 saturated carbocycles. The van der Waals surface area contributed by atoms with Crippen LogP contribution in [0.15, 0.2) is 66.7 Å². The first kappa shape index (κ1) is 36.0. The highest BCUT2D eigenvalue weighted by atomic mass is 35.5. The summed E-state index contributed by atoms with van der Waals surface area (Å²) in [5.74, 6) is -1.28. The second-order valence-electron chi connectivity index (χ2n) is 13.4. The van der Waals surface area contributed by atoms with E-state index in [1.54, 1.807) is 36.4 Å². The number of nitrogens with zero attached hydrogens (tertiary/aromatic N) is 3. The van der Waals surface area contributed by atoms with E-state index >= 15 is 0 Å². The normalized spacial score (nSPS) is 16.6. The van der Waals surface area contributed by atoms with Gasteiger partial charge >= 0.3 is 12.1 Å². The van der Waals surface area contributed by atoms with Gasteiger partial charge in [0, 0.05) is 30.1 Å². The van der Waals surface area contributed by atoms with Crippen LogP contribution in [-0.4, -0.2) is 67.8 Å². The summed E-state index contributed by atoms with van der Waals surface area (Å²) >= 11 is 6.18. The lowest BCUT2D eigenvalue weighted by Gasteiger charge is -2.29. The maximum absolute atomic E-state index is 13.7. The van der Waals surface area contributed by atoms with Gasteiger partial charge in [0.05, 0.1) is 10.6 Å². The molecule has 1 fully saturated rings. The van der Waals surface area contributed by atoms with Crippen LogP contribution in [0.4, 0.5) is 10.5 Å². The van der Waals surface area contributed by atoms with Gasteiger partial charge in [0.25, 0.3) is 0 Å². The molecule has 0 aliphatic heterocycles. The summed E-state index contributed by atoms with van der Waals surface area (Å²) < 4.78 is 5.33. The number of carbonyl (C=O) groups is 4. The van der Waals surface area contributed by atoms with Crippen molar-refractivity contribution in [2.24, 2.45) is 11.8 Å². The topological polar surface area (TPSA) is 188 Å². The maximum Gasteiger partial charge on any atom is 0.407 e. The molecular weight excluding hydrogens is 662 g/mol. The Balaban J connectivity index is 1.25. The SMILES string of the molecule is CC(C)(C)OC(=O)NCC1CCC(C(=O)N[C@@H](Cc2ccc(-c3ccc(C(=O)O)c(Cl)c3)cc2)C(=O)Nc2ccc(-c3nn[nH]n3)cc2)CC1. The standard InChI is InChI=1S/C36H40ClN7O6/c1-36(2,3)50-35(49)38-20-22-6-10-25(11-7-22)32(45)40-30(33(46)39-27-15-12-24(13-16-27)31-41-43-44-42-31)18-21-4-8-23(9-5-21)26-14-17-28(34(47)48)29(37)19-26/h4-5,8-9,12-17,19,22,25,30H,6-7,10-11,18,20H2,1-3H3,(H,38,49)(H,39,46)(H,40,45)(H,47,48)(H,41,42,43,44)/t22?,25?,30-/m0/s1. The molecule has 1 atom stereocenters. The molecule has 0 saturated heterocycles. The summed E-state index contributed by atoms with van der Waals surface area (Å²) in [4.78, 5) is 50.7. The van der Waals surface area contributed by atoms with Crippen LogP contribution in [0.2, 0.25) is 5.02 Å². The molecule has 50 heavy (non-hydrogen) atoms. The molecule has 13 nitrogen and oxygen atoms in total.